The summed E-state index contributed by atoms with van der Waals surface area (Å²) < 4.78 is 3.23. The van der Waals surface area contributed by atoms with Gasteiger partial charge in [-0.1, -0.05) is 0 Å². The minimum absolute atomic E-state index is 0.120. The molecule has 1 aliphatic heterocycles. The lowest BCUT2D eigenvalue weighted by Crippen LogP contribution is -2.32. The van der Waals surface area contributed by atoms with Crippen molar-refractivity contribution in [2.45, 2.75) is 26.1 Å². The van der Waals surface area contributed by atoms with Crippen LogP contribution in [0.2, 0.25) is 0 Å². The molecule has 0 saturated heterocycles. The number of carbonyl (C=O) groups excluding carboxylic acids is 1. The maximum absolute atomic E-state index is 12.7. The first-order chi connectivity index (χ1) is 12.7. The lowest BCUT2D eigenvalue weighted by Gasteiger charge is -2.20. The van der Waals surface area contributed by atoms with E-state index in [1.807, 2.05) is 0 Å². The van der Waals surface area contributed by atoms with E-state index in [4.69, 9.17) is 0 Å². The Balaban J connectivity index is 1.63. The van der Waals surface area contributed by atoms with Gasteiger partial charge in [0.15, 0.2) is 0 Å². The third kappa shape index (κ3) is 3.21. The van der Waals surface area contributed by atoms with E-state index in [1.165, 1.54) is 24.8 Å². The van der Waals surface area contributed by atoms with Crippen molar-refractivity contribution in [1.29, 1.82) is 0 Å². The zero-order valence-electron chi connectivity index (χ0n) is 13.9. The number of fused-ring (bicyclic) bond motifs is 1. The van der Waals surface area contributed by atoms with Crippen molar-refractivity contribution in [2.75, 3.05) is 6.54 Å². The minimum Gasteiger partial charge on any atom is -0.331 e. The zero-order chi connectivity index (χ0) is 17.9. The molecule has 1 aliphatic rings. The molecule has 26 heavy (non-hydrogen) atoms. The molecule has 0 bridgehead atoms. The Morgan fingerprint density at radius 1 is 1.23 bits per heavy atom. The van der Waals surface area contributed by atoms with Crippen LogP contribution in [-0.2, 0) is 19.6 Å². The van der Waals surface area contributed by atoms with Gasteiger partial charge in [0.2, 0.25) is 0 Å². The molecule has 3 aromatic heterocycles. The highest BCUT2D eigenvalue weighted by Gasteiger charge is 2.22. The molecule has 0 aromatic carbocycles. The van der Waals surface area contributed by atoms with E-state index in [9.17, 15) is 9.59 Å². The molecule has 0 saturated carbocycles. The molecule has 1 amide bonds. The number of aromatic nitrogens is 7. The van der Waals surface area contributed by atoms with Gasteiger partial charge in [-0.05, 0) is 12.5 Å². The summed E-state index contributed by atoms with van der Waals surface area (Å²) in [5.74, 6) is 0.421. The zero-order valence-corrected chi connectivity index (χ0v) is 13.9. The molecule has 132 valence electrons. The van der Waals surface area contributed by atoms with Crippen molar-refractivity contribution < 1.29 is 4.79 Å². The highest BCUT2D eigenvalue weighted by atomic mass is 16.2. The van der Waals surface area contributed by atoms with Crippen molar-refractivity contribution in [1.82, 2.24) is 39.4 Å². The topological polar surface area (TPSA) is 112 Å². The van der Waals surface area contributed by atoms with Crippen LogP contribution in [-0.4, -0.2) is 51.9 Å². The van der Waals surface area contributed by atoms with Gasteiger partial charge in [0.1, 0.15) is 18.5 Å². The van der Waals surface area contributed by atoms with Crippen molar-refractivity contribution in [3.05, 3.63) is 64.6 Å². The van der Waals surface area contributed by atoms with Crippen LogP contribution in [0.1, 0.15) is 28.3 Å². The summed E-state index contributed by atoms with van der Waals surface area (Å²) in [4.78, 5) is 35.3. The molecule has 0 fully saturated rings. The van der Waals surface area contributed by atoms with E-state index in [1.54, 1.807) is 26.5 Å². The summed E-state index contributed by atoms with van der Waals surface area (Å²) >= 11 is 0. The summed E-state index contributed by atoms with van der Waals surface area (Å²) in [6, 6.07) is 3.14. The van der Waals surface area contributed by atoms with Crippen molar-refractivity contribution in [3.8, 4) is 0 Å². The predicted octanol–water partition coefficient (Wildman–Crippen LogP) is -0.281. The van der Waals surface area contributed by atoms with E-state index < -0.39 is 0 Å². The minimum atomic E-state index is -0.149. The average molecular weight is 352 g/mol. The van der Waals surface area contributed by atoms with E-state index in [-0.39, 0.29) is 18.0 Å². The summed E-state index contributed by atoms with van der Waals surface area (Å²) in [7, 11) is 0. The van der Waals surface area contributed by atoms with Crippen LogP contribution < -0.4 is 5.56 Å². The molecule has 0 aliphatic carbocycles. The van der Waals surface area contributed by atoms with Crippen molar-refractivity contribution in [2.24, 2.45) is 0 Å². The SMILES string of the molecule is O=C(c1ccnnc1)N1CCCn2c(nc(Cn3cncn3)cc2=O)C1. The number of amides is 1. The van der Waals surface area contributed by atoms with E-state index >= 15 is 0 Å². The molecule has 10 nitrogen and oxygen atoms in total. The largest absolute Gasteiger partial charge is 0.331 e. The van der Waals surface area contributed by atoms with Gasteiger partial charge in [-0.2, -0.15) is 15.3 Å². The maximum atomic E-state index is 12.7. The lowest BCUT2D eigenvalue weighted by atomic mass is 10.2. The van der Waals surface area contributed by atoms with Gasteiger partial charge < -0.3 is 4.90 Å². The Hall–Kier alpha value is -3.43. The van der Waals surface area contributed by atoms with Gasteiger partial charge in [-0.25, -0.2) is 14.6 Å². The first-order valence-corrected chi connectivity index (χ1v) is 8.19. The molecule has 3 aromatic rings. The summed E-state index contributed by atoms with van der Waals surface area (Å²) in [6.07, 6.45) is 6.60. The van der Waals surface area contributed by atoms with Crippen LogP contribution in [0.4, 0.5) is 0 Å². The molecule has 0 radical (unpaired) electrons. The van der Waals surface area contributed by atoms with Crippen LogP contribution in [0.15, 0.2) is 42.0 Å². The first kappa shape index (κ1) is 16.1. The fraction of sp³-hybridized carbons (Fsp3) is 0.312. The fourth-order valence-corrected chi connectivity index (χ4v) is 2.97. The number of hydrogen-bond acceptors (Lipinski definition) is 7. The maximum Gasteiger partial charge on any atom is 0.255 e. The first-order valence-electron chi connectivity index (χ1n) is 8.19. The highest BCUT2D eigenvalue weighted by molar-refractivity contribution is 5.93. The highest BCUT2D eigenvalue weighted by Crippen LogP contribution is 2.13. The normalized spacial score (nSPS) is 13.9. The number of carbonyl (C=O) groups is 1. The summed E-state index contributed by atoms with van der Waals surface area (Å²) in [5.41, 5.74) is 0.936. The fourth-order valence-electron chi connectivity index (χ4n) is 2.97. The number of rotatable bonds is 3. The third-order valence-corrected chi connectivity index (χ3v) is 4.19. The van der Waals surface area contributed by atoms with Crippen LogP contribution in [0, 0.1) is 0 Å². The van der Waals surface area contributed by atoms with Gasteiger partial charge in [0.05, 0.1) is 36.7 Å². The number of nitrogens with zero attached hydrogens (tertiary/aromatic N) is 8. The van der Waals surface area contributed by atoms with E-state index in [0.717, 1.165) is 0 Å². The third-order valence-electron chi connectivity index (χ3n) is 4.19. The van der Waals surface area contributed by atoms with Crippen LogP contribution in [0.25, 0.3) is 0 Å². The summed E-state index contributed by atoms with van der Waals surface area (Å²) in [6.45, 7) is 1.69. The van der Waals surface area contributed by atoms with Gasteiger partial charge in [-0.15, -0.1) is 0 Å². The van der Waals surface area contributed by atoms with E-state index in [2.05, 4.69) is 25.3 Å². The molecular formula is C16H16N8O2. The number of hydrogen-bond donors (Lipinski definition) is 0. The van der Waals surface area contributed by atoms with Gasteiger partial charge >= 0.3 is 0 Å². The van der Waals surface area contributed by atoms with Crippen LogP contribution in [0.3, 0.4) is 0 Å². The second-order valence-corrected chi connectivity index (χ2v) is 5.96. The molecule has 0 spiro atoms. The monoisotopic (exact) mass is 352 g/mol. The Bertz CT molecular complexity index is 968. The quantitative estimate of drug-likeness (QED) is 0.637. The van der Waals surface area contributed by atoms with Gasteiger partial charge in [0.25, 0.3) is 11.5 Å². The summed E-state index contributed by atoms with van der Waals surface area (Å²) in [5, 5.41) is 11.5. The Kier molecular flexibility index (Phi) is 4.22. The predicted molar refractivity (Wildman–Crippen MR) is 89.0 cm³/mol. The molecular weight excluding hydrogens is 336 g/mol. The molecule has 0 atom stereocenters. The second kappa shape index (κ2) is 6.82. The van der Waals surface area contributed by atoms with Crippen LogP contribution >= 0.6 is 0 Å². The van der Waals surface area contributed by atoms with Crippen molar-refractivity contribution >= 4 is 5.91 Å². The smallest absolute Gasteiger partial charge is 0.255 e. The van der Waals surface area contributed by atoms with Gasteiger partial charge in [0, 0.05) is 19.2 Å². The Morgan fingerprint density at radius 2 is 2.15 bits per heavy atom. The Morgan fingerprint density at radius 3 is 2.92 bits per heavy atom. The molecule has 0 N–H and O–H groups in total. The average Bonchev–Trinajstić information content (AvgIpc) is 3.06. The van der Waals surface area contributed by atoms with Crippen LogP contribution in [0.5, 0.6) is 0 Å². The Labute approximate surface area is 148 Å². The van der Waals surface area contributed by atoms with E-state index in [0.29, 0.717) is 43.1 Å². The molecule has 10 heteroatoms. The van der Waals surface area contributed by atoms with Gasteiger partial charge in [-0.3, -0.25) is 14.2 Å². The molecule has 0 unspecified atom stereocenters. The second-order valence-electron chi connectivity index (χ2n) is 5.96. The molecule has 4 rings (SSSR count). The lowest BCUT2D eigenvalue weighted by molar-refractivity contribution is 0.0743. The standard InChI is InChI=1S/C16H16N8O2/c25-15-6-13(8-23-11-17-10-20-23)21-14-9-22(4-1-5-24(14)15)16(26)12-2-3-18-19-7-12/h2-3,6-7,10-11H,1,4-5,8-9H2. The molecule has 4 heterocycles. The van der Waals surface area contributed by atoms with Crippen molar-refractivity contribution in [3.63, 3.8) is 0 Å².